The van der Waals surface area contributed by atoms with Crippen molar-refractivity contribution in [2.24, 2.45) is 0 Å². The van der Waals surface area contributed by atoms with E-state index >= 15 is 0 Å². The molecule has 0 aromatic carbocycles. The SMILES string of the molecule is C[C@@H](NS(=O)C(C)(C)C)c1ccc(OCC(F)(F)F)cn1. The van der Waals surface area contributed by atoms with Gasteiger partial charge in [-0.05, 0) is 39.8 Å². The average molecular weight is 324 g/mol. The highest BCUT2D eigenvalue weighted by Crippen LogP contribution is 2.20. The highest BCUT2D eigenvalue weighted by Gasteiger charge is 2.28. The summed E-state index contributed by atoms with van der Waals surface area (Å²) in [6.45, 7) is 5.94. The number of hydrogen-bond acceptors (Lipinski definition) is 3. The number of ether oxygens (including phenoxy) is 1. The zero-order valence-corrected chi connectivity index (χ0v) is 13.1. The molecule has 1 unspecified atom stereocenters. The second-order valence-electron chi connectivity index (χ2n) is 5.54. The van der Waals surface area contributed by atoms with E-state index < -0.39 is 28.5 Å². The first-order chi connectivity index (χ1) is 9.49. The molecule has 0 saturated heterocycles. The lowest BCUT2D eigenvalue weighted by Gasteiger charge is -2.21. The number of alkyl halides is 3. The van der Waals surface area contributed by atoms with E-state index in [1.165, 1.54) is 12.3 Å². The predicted octanol–water partition coefficient (Wildman–Crippen LogP) is 3.14. The van der Waals surface area contributed by atoms with Gasteiger partial charge in [-0.1, -0.05) is 0 Å². The molecular weight excluding hydrogens is 305 g/mol. The molecule has 8 heteroatoms. The molecular formula is C13H19F3N2O2S. The largest absolute Gasteiger partial charge is 0.483 e. The monoisotopic (exact) mass is 324 g/mol. The molecule has 120 valence electrons. The summed E-state index contributed by atoms with van der Waals surface area (Å²) in [5.74, 6) is 0.0419. The maximum absolute atomic E-state index is 12.0. The van der Waals surface area contributed by atoms with E-state index in [9.17, 15) is 17.4 Å². The van der Waals surface area contributed by atoms with Crippen LogP contribution >= 0.6 is 0 Å². The van der Waals surface area contributed by atoms with Crippen molar-refractivity contribution in [3.63, 3.8) is 0 Å². The van der Waals surface area contributed by atoms with Gasteiger partial charge in [-0.2, -0.15) is 13.2 Å². The summed E-state index contributed by atoms with van der Waals surface area (Å²) < 4.78 is 55.1. The Morgan fingerprint density at radius 2 is 1.95 bits per heavy atom. The normalized spacial score (nSPS) is 15.6. The molecule has 1 rings (SSSR count). The Bertz CT molecular complexity index is 484. The molecule has 0 saturated carbocycles. The molecule has 0 amide bonds. The molecule has 0 fully saturated rings. The fourth-order valence-corrected chi connectivity index (χ4v) is 2.09. The minimum Gasteiger partial charge on any atom is -0.483 e. The van der Waals surface area contributed by atoms with Crippen molar-refractivity contribution >= 4 is 11.0 Å². The van der Waals surface area contributed by atoms with Crippen LogP contribution in [0.5, 0.6) is 5.75 Å². The number of nitrogens with zero attached hydrogens (tertiary/aromatic N) is 1. The van der Waals surface area contributed by atoms with Crippen molar-refractivity contribution in [3.8, 4) is 5.75 Å². The second-order valence-corrected chi connectivity index (χ2v) is 7.54. The molecule has 0 radical (unpaired) electrons. The van der Waals surface area contributed by atoms with Gasteiger partial charge < -0.3 is 4.74 Å². The number of halogens is 3. The van der Waals surface area contributed by atoms with Crippen LogP contribution in [0.2, 0.25) is 0 Å². The quantitative estimate of drug-likeness (QED) is 0.905. The Balaban J connectivity index is 2.63. The number of rotatable bonds is 5. The molecule has 0 aliphatic heterocycles. The first kappa shape index (κ1) is 17.9. The third-order valence-corrected chi connectivity index (χ3v) is 4.13. The molecule has 0 aliphatic rings. The van der Waals surface area contributed by atoms with Crippen molar-refractivity contribution in [1.29, 1.82) is 0 Å². The van der Waals surface area contributed by atoms with Crippen LogP contribution in [0.15, 0.2) is 18.3 Å². The highest BCUT2D eigenvalue weighted by molar-refractivity contribution is 7.84. The van der Waals surface area contributed by atoms with E-state index in [0.717, 1.165) is 0 Å². The van der Waals surface area contributed by atoms with Gasteiger partial charge in [0.2, 0.25) is 0 Å². The minimum absolute atomic E-state index is 0.0419. The van der Waals surface area contributed by atoms with Crippen LogP contribution in [0.1, 0.15) is 39.4 Å². The van der Waals surface area contributed by atoms with E-state index in [-0.39, 0.29) is 11.8 Å². The van der Waals surface area contributed by atoms with Gasteiger partial charge in [-0.3, -0.25) is 4.98 Å². The standard InChI is InChI=1S/C13H19F3N2O2S/c1-9(18-21(19)12(2,3)4)11-6-5-10(7-17-11)20-8-13(14,15)16/h5-7,9,18H,8H2,1-4H3/t9-,21?/m1/s1. The molecule has 1 aromatic heterocycles. The Kier molecular flexibility index (Phi) is 5.75. The Morgan fingerprint density at radius 1 is 1.33 bits per heavy atom. The van der Waals surface area contributed by atoms with Gasteiger partial charge in [-0.15, -0.1) is 0 Å². The van der Waals surface area contributed by atoms with Gasteiger partial charge in [0.05, 0.1) is 33.7 Å². The Hall–Kier alpha value is -1.15. The molecule has 2 atom stereocenters. The fourth-order valence-electron chi connectivity index (χ4n) is 1.30. The van der Waals surface area contributed by atoms with E-state index in [0.29, 0.717) is 5.69 Å². The third kappa shape index (κ3) is 6.43. The number of nitrogens with one attached hydrogen (secondary N) is 1. The maximum Gasteiger partial charge on any atom is 0.422 e. The lowest BCUT2D eigenvalue weighted by molar-refractivity contribution is -0.153. The predicted molar refractivity (Wildman–Crippen MR) is 75.2 cm³/mol. The molecule has 21 heavy (non-hydrogen) atoms. The summed E-state index contributed by atoms with van der Waals surface area (Å²) in [6.07, 6.45) is -3.16. The number of hydrogen-bond donors (Lipinski definition) is 1. The van der Waals surface area contributed by atoms with Crippen LogP contribution in [-0.2, 0) is 11.0 Å². The van der Waals surface area contributed by atoms with E-state index in [1.807, 2.05) is 20.8 Å². The lowest BCUT2D eigenvalue weighted by Crippen LogP contribution is -2.35. The van der Waals surface area contributed by atoms with Gasteiger partial charge in [0.1, 0.15) is 5.75 Å². The number of pyridine rings is 1. The lowest BCUT2D eigenvalue weighted by atomic mass is 10.2. The summed E-state index contributed by atoms with van der Waals surface area (Å²) in [7, 11) is -1.26. The molecule has 1 N–H and O–H groups in total. The van der Waals surface area contributed by atoms with Gasteiger partial charge in [0.25, 0.3) is 0 Å². The van der Waals surface area contributed by atoms with Crippen LogP contribution < -0.4 is 9.46 Å². The zero-order valence-electron chi connectivity index (χ0n) is 12.3. The van der Waals surface area contributed by atoms with E-state index in [4.69, 9.17) is 0 Å². The zero-order chi connectivity index (χ0) is 16.3. The fraction of sp³-hybridized carbons (Fsp3) is 0.615. The van der Waals surface area contributed by atoms with Crippen molar-refractivity contribution < 1.29 is 22.1 Å². The Labute approximate surface area is 124 Å². The molecule has 0 bridgehead atoms. The average Bonchev–Trinajstić information content (AvgIpc) is 2.35. The molecule has 1 heterocycles. The van der Waals surface area contributed by atoms with Crippen LogP contribution in [0.25, 0.3) is 0 Å². The first-order valence-electron chi connectivity index (χ1n) is 6.32. The smallest absolute Gasteiger partial charge is 0.422 e. The minimum atomic E-state index is -4.38. The summed E-state index contributed by atoms with van der Waals surface area (Å²) in [4.78, 5) is 4.03. The van der Waals surface area contributed by atoms with Gasteiger partial charge in [-0.25, -0.2) is 8.93 Å². The summed E-state index contributed by atoms with van der Waals surface area (Å²) in [6, 6.07) is 2.66. The van der Waals surface area contributed by atoms with Crippen LogP contribution in [-0.4, -0.2) is 26.7 Å². The highest BCUT2D eigenvalue weighted by atomic mass is 32.2. The first-order valence-corrected chi connectivity index (χ1v) is 7.47. The summed E-state index contributed by atoms with van der Waals surface area (Å²) in [5, 5.41) is 0. The van der Waals surface area contributed by atoms with Gasteiger partial charge >= 0.3 is 6.18 Å². The topological polar surface area (TPSA) is 51.2 Å². The molecule has 1 aromatic rings. The van der Waals surface area contributed by atoms with E-state index in [2.05, 4.69) is 14.4 Å². The number of aromatic nitrogens is 1. The van der Waals surface area contributed by atoms with Crippen LogP contribution in [0, 0.1) is 0 Å². The maximum atomic E-state index is 12.0. The van der Waals surface area contributed by atoms with Crippen LogP contribution in [0.3, 0.4) is 0 Å². The molecule has 4 nitrogen and oxygen atoms in total. The third-order valence-electron chi connectivity index (χ3n) is 2.45. The van der Waals surface area contributed by atoms with Crippen molar-refractivity contribution in [3.05, 3.63) is 24.0 Å². The van der Waals surface area contributed by atoms with Gasteiger partial charge in [0, 0.05) is 0 Å². The summed E-state index contributed by atoms with van der Waals surface area (Å²) in [5.41, 5.74) is 0.576. The molecule has 0 aliphatic carbocycles. The van der Waals surface area contributed by atoms with Crippen molar-refractivity contribution in [1.82, 2.24) is 9.71 Å². The Morgan fingerprint density at radius 3 is 2.38 bits per heavy atom. The van der Waals surface area contributed by atoms with Crippen molar-refractivity contribution in [2.75, 3.05) is 6.61 Å². The molecule has 0 spiro atoms. The summed E-state index contributed by atoms with van der Waals surface area (Å²) >= 11 is 0. The van der Waals surface area contributed by atoms with E-state index in [1.54, 1.807) is 13.0 Å². The van der Waals surface area contributed by atoms with Gasteiger partial charge in [0.15, 0.2) is 6.61 Å². The van der Waals surface area contributed by atoms with Crippen molar-refractivity contribution in [2.45, 2.75) is 44.7 Å². The van der Waals surface area contributed by atoms with Crippen LogP contribution in [0.4, 0.5) is 13.2 Å². The second kappa shape index (κ2) is 6.74.